The van der Waals surface area contributed by atoms with E-state index >= 15 is 0 Å². The van der Waals surface area contributed by atoms with E-state index in [-0.39, 0.29) is 24.0 Å². The van der Waals surface area contributed by atoms with Gasteiger partial charge in [0.1, 0.15) is 11.8 Å². The Hall–Kier alpha value is -3.87. The van der Waals surface area contributed by atoms with Crippen LogP contribution >= 0.6 is 0 Å². The van der Waals surface area contributed by atoms with Gasteiger partial charge in [-0.3, -0.25) is 14.3 Å². The van der Waals surface area contributed by atoms with Gasteiger partial charge in [0.05, 0.1) is 42.1 Å². The largest absolute Gasteiger partial charge is 0.442 e. The normalized spacial score (nSPS) is 20.2. The van der Waals surface area contributed by atoms with Gasteiger partial charge in [-0.2, -0.15) is 10.4 Å². The van der Waals surface area contributed by atoms with Crippen LogP contribution in [0.15, 0.2) is 24.3 Å². The molecule has 1 aromatic carbocycles. The van der Waals surface area contributed by atoms with Gasteiger partial charge in [-0.1, -0.05) is 0 Å². The van der Waals surface area contributed by atoms with Crippen LogP contribution in [-0.4, -0.2) is 58.3 Å². The average Bonchev–Trinajstić information content (AvgIpc) is 3.32. The summed E-state index contributed by atoms with van der Waals surface area (Å²) in [7, 11) is 0. The van der Waals surface area contributed by atoms with Crippen LogP contribution in [0.25, 0.3) is 11.3 Å². The zero-order valence-electron chi connectivity index (χ0n) is 16.5. The monoisotopic (exact) mass is 408 g/mol. The maximum atomic E-state index is 13.0. The van der Waals surface area contributed by atoms with Crippen LogP contribution in [0, 0.1) is 11.3 Å². The zero-order chi connectivity index (χ0) is 21.4. The molecule has 0 spiro atoms. The lowest BCUT2D eigenvalue weighted by Crippen LogP contribution is -2.46. The van der Waals surface area contributed by atoms with Gasteiger partial charge in [0, 0.05) is 19.0 Å². The highest BCUT2D eigenvalue weighted by Gasteiger charge is 2.34. The average molecular weight is 408 g/mol. The summed E-state index contributed by atoms with van der Waals surface area (Å²) in [5.41, 5.74) is 2.42. The van der Waals surface area contributed by atoms with E-state index in [0.29, 0.717) is 47.8 Å². The Labute approximate surface area is 172 Å². The minimum atomic E-state index is -0.476. The number of carbonyl (C=O) groups excluding carboxylic acids is 3. The van der Waals surface area contributed by atoms with Crippen LogP contribution in [0.1, 0.15) is 35.9 Å². The Morgan fingerprint density at radius 2 is 2.20 bits per heavy atom. The maximum absolute atomic E-state index is 13.0. The Balaban J connectivity index is 1.66. The smallest absolute Gasteiger partial charge is 0.407 e. The fourth-order valence-corrected chi connectivity index (χ4v) is 3.73. The van der Waals surface area contributed by atoms with Gasteiger partial charge in [-0.15, -0.1) is 0 Å². The summed E-state index contributed by atoms with van der Waals surface area (Å²) in [6.07, 6.45) is -0.858. The van der Waals surface area contributed by atoms with Crippen molar-refractivity contribution < 1.29 is 19.1 Å². The SMILES string of the molecule is CC(=O)Nc1cc(C#N)ccc1-c1cc2n(n1)[C@@H](C)CN(C[C@H]1CNC(=O)O1)C2=O. The summed E-state index contributed by atoms with van der Waals surface area (Å²) in [5, 5.41) is 19.1. The molecule has 2 aliphatic heterocycles. The number of amides is 3. The number of hydrogen-bond acceptors (Lipinski definition) is 6. The number of benzene rings is 1. The molecule has 2 aliphatic rings. The molecule has 30 heavy (non-hydrogen) atoms. The fraction of sp³-hybridized carbons (Fsp3) is 0.350. The van der Waals surface area contributed by atoms with E-state index in [0.717, 1.165) is 0 Å². The lowest BCUT2D eigenvalue weighted by Gasteiger charge is -2.32. The van der Waals surface area contributed by atoms with Crippen molar-refractivity contribution in [2.75, 3.05) is 25.0 Å². The Morgan fingerprint density at radius 3 is 2.87 bits per heavy atom. The summed E-state index contributed by atoms with van der Waals surface area (Å²) < 4.78 is 6.82. The third kappa shape index (κ3) is 3.57. The summed E-state index contributed by atoms with van der Waals surface area (Å²) >= 11 is 0. The molecule has 0 aliphatic carbocycles. The molecule has 3 amide bonds. The molecule has 2 atom stereocenters. The Bertz CT molecular complexity index is 1090. The molecule has 0 unspecified atom stereocenters. The van der Waals surface area contributed by atoms with Crippen molar-refractivity contribution in [1.82, 2.24) is 20.0 Å². The number of ether oxygens (including phenoxy) is 1. The van der Waals surface area contributed by atoms with Crippen LogP contribution in [0.2, 0.25) is 0 Å². The number of alkyl carbamates (subject to hydrolysis) is 1. The van der Waals surface area contributed by atoms with Crippen molar-refractivity contribution in [2.45, 2.75) is 26.0 Å². The van der Waals surface area contributed by atoms with Gasteiger partial charge in [0.2, 0.25) is 5.91 Å². The predicted molar refractivity (Wildman–Crippen MR) is 106 cm³/mol. The van der Waals surface area contributed by atoms with Crippen LogP contribution in [0.4, 0.5) is 10.5 Å². The fourth-order valence-electron chi connectivity index (χ4n) is 3.73. The number of fused-ring (bicyclic) bond motifs is 1. The van der Waals surface area contributed by atoms with E-state index in [1.807, 2.05) is 13.0 Å². The molecule has 1 saturated heterocycles. The second-order valence-electron chi connectivity index (χ2n) is 7.38. The highest BCUT2D eigenvalue weighted by atomic mass is 16.6. The van der Waals surface area contributed by atoms with Gasteiger partial charge in [0.25, 0.3) is 5.91 Å². The third-order valence-electron chi connectivity index (χ3n) is 5.05. The molecule has 154 valence electrons. The Morgan fingerprint density at radius 1 is 1.40 bits per heavy atom. The molecule has 4 rings (SSSR count). The van der Waals surface area contributed by atoms with Gasteiger partial charge in [0.15, 0.2) is 0 Å². The van der Waals surface area contributed by atoms with Crippen molar-refractivity contribution in [1.29, 1.82) is 5.26 Å². The Kier molecular flexibility index (Phi) is 4.87. The first-order valence-corrected chi connectivity index (χ1v) is 9.51. The van der Waals surface area contributed by atoms with E-state index in [1.54, 1.807) is 33.8 Å². The van der Waals surface area contributed by atoms with Gasteiger partial charge in [-0.25, -0.2) is 4.79 Å². The van der Waals surface area contributed by atoms with Crippen molar-refractivity contribution in [3.63, 3.8) is 0 Å². The lowest BCUT2D eigenvalue weighted by molar-refractivity contribution is -0.114. The molecule has 2 N–H and O–H groups in total. The summed E-state index contributed by atoms with van der Waals surface area (Å²) in [4.78, 5) is 37.5. The van der Waals surface area contributed by atoms with E-state index in [4.69, 9.17) is 10.00 Å². The summed E-state index contributed by atoms with van der Waals surface area (Å²) in [6, 6.07) is 8.56. The first kappa shape index (κ1) is 19.4. The standard InChI is InChI=1S/C20H20N6O4/c1-11-9-25(10-14-8-22-20(29)30-14)19(28)18-6-17(24-26(11)18)15-4-3-13(7-21)5-16(15)23-12(2)27/h3-6,11,14H,8-10H2,1-2H3,(H,22,29)(H,23,27)/t11-,14+/m0/s1. The number of hydrogen-bond donors (Lipinski definition) is 2. The van der Waals surface area contributed by atoms with E-state index in [1.165, 1.54) is 6.92 Å². The zero-order valence-corrected chi connectivity index (χ0v) is 16.5. The molecule has 0 saturated carbocycles. The number of anilines is 1. The van der Waals surface area contributed by atoms with Crippen LogP contribution in [0.3, 0.4) is 0 Å². The summed E-state index contributed by atoms with van der Waals surface area (Å²) in [6.45, 7) is 4.44. The molecule has 0 bridgehead atoms. The molecule has 1 fully saturated rings. The minimum Gasteiger partial charge on any atom is -0.442 e. The van der Waals surface area contributed by atoms with E-state index in [2.05, 4.69) is 15.7 Å². The number of nitrogens with zero attached hydrogens (tertiary/aromatic N) is 4. The van der Waals surface area contributed by atoms with Crippen molar-refractivity contribution in [3.8, 4) is 17.3 Å². The number of carbonyl (C=O) groups is 3. The molecular weight excluding hydrogens is 388 g/mol. The number of cyclic esters (lactones) is 1. The van der Waals surface area contributed by atoms with E-state index in [9.17, 15) is 14.4 Å². The maximum Gasteiger partial charge on any atom is 0.407 e. The number of aromatic nitrogens is 2. The predicted octanol–water partition coefficient (Wildman–Crippen LogP) is 1.51. The van der Waals surface area contributed by atoms with E-state index < -0.39 is 6.09 Å². The van der Waals surface area contributed by atoms with Crippen LogP contribution in [0.5, 0.6) is 0 Å². The molecule has 10 nitrogen and oxygen atoms in total. The second-order valence-corrected chi connectivity index (χ2v) is 7.38. The lowest BCUT2D eigenvalue weighted by atomic mass is 10.1. The minimum absolute atomic E-state index is 0.0842. The third-order valence-corrected chi connectivity index (χ3v) is 5.05. The summed E-state index contributed by atoms with van der Waals surface area (Å²) in [5.74, 6) is -0.477. The van der Waals surface area contributed by atoms with Crippen molar-refractivity contribution >= 4 is 23.6 Å². The second kappa shape index (κ2) is 7.51. The van der Waals surface area contributed by atoms with Crippen LogP contribution < -0.4 is 10.6 Å². The molecule has 10 heteroatoms. The highest BCUT2D eigenvalue weighted by Crippen LogP contribution is 2.32. The van der Waals surface area contributed by atoms with Crippen molar-refractivity contribution in [3.05, 3.63) is 35.5 Å². The van der Waals surface area contributed by atoms with Crippen molar-refractivity contribution in [2.24, 2.45) is 0 Å². The van der Waals surface area contributed by atoms with Gasteiger partial charge < -0.3 is 20.3 Å². The molecule has 3 heterocycles. The molecule has 0 radical (unpaired) electrons. The first-order valence-electron chi connectivity index (χ1n) is 9.51. The number of nitriles is 1. The molecule has 1 aromatic heterocycles. The number of rotatable bonds is 4. The van der Waals surface area contributed by atoms with Gasteiger partial charge in [-0.05, 0) is 31.2 Å². The molecular formula is C20H20N6O4. The van der Waals surface area contributed by atoms with Gasteiger partial charge >= 0.3 is 6.09 Å². The highest BCUT2D eigenvalue weighted by molar-refractivity contribution is 5.97. The topological polar surface area (TPSA) is 129 Å². The first-order chi connectivity index (χ1) is 14.4. The number of nitrogens with one attached hydrogen (secondary N) is 2. The van der Waals surface area contributed by atoms with Crippen LogP contribution in [-0.2, 0) is 9.53 Å². The quantitative estimate of drug-likeness (QED) is 0.789. The molecule has 2 aromatic rings.